The molecule has 1 aliphatic rings. The second-order valence-corrected chi connectivity index (χ2v) is 5.81. The third kappa shape index (κ3) is 3.43. The first kappa shape index (κ1) is 15.5. The Labute approximate surface area is 125 Å². The SMILES string of the molecule is CCC(C(=O)N1CCC(C(=O)O)CC1C)c1ccccc1. The van der Waals surface area contributed by atoms with E-state index in [1.807, 2.05) is 49.1 Å². The molecule has 4 heteroatoms. The molecule has 3 unspecified atom stereocenters. The van der Waals surface area contributed by atoms with Crippen LogP contribution in [-0.2, 0) is 9.59 Å². The zero-order chi connectivity index (χ0) is 15.4. The molecule has 1 heterocycles. The smallest absolute Gasteiger partial charge is 0.306 e. The molecule has 1 fully saturated rings. The lowest BCUT2D eigenvalue weighted by Crippen LogP contribution is -2.47. The Hall–Kier alpha value is -1.84. The zero-order valence-electron chi connectivity index (χ0n) is 12.7. The van der Waals surface area contributed by atoms with Gasteiger partial charge in [0.1, 0.15) is 0 Å². The second kappa shape index (κ2) is 6.74. The number of hydrogen-bond donors (Lipinski definition) is 1. The van der Waals surface area contributed by atoms with Gasteiger partial charge in [0, 0.05) is 12.6 Å². The van der Waals surface area contributed by atoms with E-state index in [1.54, 1.807) is 0 Å². The lowest BCUT2D eigenvalue weighted by Gasteiger charge is -2.38. The average molecular weight is 289 g/mol. The van der Waals surface area contributed by atoms with Gasteiger partial charge in [-0.3, -0.25) is 9.59 Å². The standard InChI is InChI=1S/C17H23NO3/c1-3-15(13-7-5-4-6-8-13)16(19)18-10-9-14(17(20)21)11-12(18)2/h4-8,12,14-15H,3,9-11H2,1-2H3,(H,20,21). The monoisotopic (exact) mass is 289 g/mol. The molecule has 1 N–H and O–H groups in total. The molecule has 0 saturated carbocycles. The first-order valence-corrected chi connectivity index (χ1v) is 7.62. The molecule has 3 atom stereocenters. The van der Waals surface area contributed by atoms with Crippen LogP contribution in [0.2, 0.25) is 0 Å². The summed E-state index contributed by atoms with van der Waals surface area (Å²) < 4.78 is 0. The summed E-state index contributed by atoms with van der Waals surface area (Å²) in [5.74, 6) is -1.07. The van der Waals surface area contributed by atoms with E-state index in [-0.39, 0.29) is 23.8 Å². The van der Waals surface area contributed by atoms with Crippen LogP contribution in [0, 0.1) is 5.92 Å². The molecule has 1 aromatic rings. The van der Waals surface area contributed by atoms with Gasteiger partial charge in [0.15, 0.2) is 0 Å². The van der Waals surface area contributed by atoms with E-state index in [4.69, 9.17) is 5.11 Å². The number of benzene rings is 1. The van der Waals surface area contributed by atoms with Gasteiger partial charge in [0.05, 0.1) is 11.8 Å². The maximum Gasteiger partial charge on any atom is 0.306 e. The minimum Gasteiger partial charge on any atom is -0.481 e. The summed E-state index contributed by atoms with van der Waals surface area (Å²) in [7, 11) is 0. The average Bonchev–Trinajstić information content (AvgIpc) is 2.48. The number of piperidine rings is 1. The molecule has 0 bridgehead atoms. The Morgan fingerprint density at radius 2 is 2.00 bits per heavy atom. The van der Waals surface area contributed by atoms with Crippen LogP contribution >= 0.6 is 0 Å². The van der Waals surface area contributed by atoms with E-state index in [9.17, 15) is 9.59 Å². The fraction of sp³-hybridized carbons (Fsp3) is 0.529. The van der Waals surface area contributed by atoms with E-state index < -0.39 is 5.97 Å². The molecule has 0 radical (unpaired) electrons. The Balaban J connectivity index is 2.10. The minimum absolute atomic E-state index is 0.00916. The number of carboxylic acids is 1. The molecule has 0 aromatic heterocycles. The summed E-state index contributed by atoms with van der Waals surface area (Å²) in [6.07, 6.45) is 1.86. The number of amides is 1. The largest absolute Gasteiger partial charge is 0.481 e. The van der Waals surface area contributed by atoms with Crippen molar-refractivity contribution in [2.45, 2.75) is 45.1 Å². The van der Waals surface area contributed by atoms with Crippen molar-refractivity contribution < 1.29 is 14.7 Å². The van der Waals surface area contributed by atoms with Crippen LogP contribution in [0.15, 0.2) is 30.3 Å². The van der Waals surface area contributed by atoms with Crippen molar-refractivity contribution in [1.29, 1.82) is 0 Å². The Morgan fingerprint density at radius 3 is 2.52 bits per heavy atom. The third-order valence-electron chi connectivity index (χ3n) is 4.42. The summed E-state index contributed by atoms with van der Waals surface area (Å²) in [5, 5.41) is 9.11. The summed E-state index contributed by atoms with van der Waals surface area (Å²) in [5.41, 5.74) is 1.04. The van der Waals surface area contributed by atoms with Gasteiger partial charge in [-0.2, -0.15) is 0 Å². The molecule has 1 saturated heterocycles. The maximum atomic E-state index is 12.8. The van der Waals surface area contributed by atoms with Crippen molar-refractivity contribution in [1.82, 2.24) is 4.90 Å². The van der Waals surface area contributed by atoms with Crippen molar-refractivity contribution in [3.63, 3.8) is 0 Å². The maximum absolute atomic E-state index is 12.8. The van der Waals surface area contributed by atoms with Crippen molar-refractivity contribution in [3.8, 4) is 0 Å². The van der Waals surface area contributed by atoms with Crippen LogP contribution in [0.25, 0.3) is 0 Å². The van der Waals surface area contributed by atoms with Crippen LogP contribution in [0.5, 0.6) is 0 Å². The predicted octanol–water partition coefficient (Wildman–Crippen LogP) is 2.89. The van der Waals surface area contributed by atoms with Gasteiger partial charge in [0.2, 0.25) is 5.91 Å². The highest BCUT2D eigenvalue weighted by atomic mass is 16.4. The van der Waals surface area contributed by atoms with E-state index in [2.05, 4.69) is 0 Å². The highest BCUT2D eigenvalue weighted by Crippen LogP contribution is 2.28. The van der Waals surface area contributed by atoms with Crippen molar-refractivity contribution in [2.75, 3.05) is 6.54 Å². The Bertz CT molecular complexity index is 500. The van der Waals surface area contributed by atoms with Gasteiger partial charge in [-0.25, -0.2) is 0 Å². The van der Waals surface area contributed by atoms with Crippen molar-refractivity contribution in [2.24, 2.45) is 5.92 Å². The molecular formula is C17H23NO3. The normalized spacial score (nSPS) is 23.6. The van der Waals surface area contributed by atoms with Crippen LogP contribution in [-0.4, -0.2) is 34.5 Å². The quantitative estimate of drug-likeness (QED) is 0.927. The highest BCUT2D eigenvalue weighted by molar-refractivity contribution is 5.84. The van der Waals surface area contributed by atoms with Crippen LogP contribution in [0.1, 0.15) is 44.6 Å². The molecule has 21 heavy (non-hydrogen) atoms. The number of aliphatic carboxylic acids is 1. The first-order chi connectivity index (χ1) is 10.0. The predicted molar refractivity (Wildman–Crippen MR) is 81.0 cm³/mol. The van der Waals surface area contributed by atoms with Gasteiger partial charge in [0.25, 0.3) is 0 Å². The van der Waals surface area contributed by atoms with Crippen molar-refractivity contribution >= 4 is 11.9 Å². The molecule has 0 aliphatic carbocycles. The van der Waals surface area contributed by atoms with E-state index in [1.165, 1.54) is 0 Å². The van der Waals surface area contributed by atoms with Gasteiger partial charge in [-0.15, -0.1) is 0 Å². The molecule has 2 rings (SSSR count). The highest BCUT2D eigenvalue weighted by Gasteiger charge is 2.34. The molecule has 0 spiro atoms. The second-order valence-electron chi connectivity index (χ2n) is 5.81. The molecule has 4 nitrogen and oxygen atoms in total. The minimum atomic E-state index is -0.746. The molecule has 1 amide bonds. The topological polar surface area (TPSA) is 57.6 Å². The number of nitrogens with zero attached hydrogens (tertiary/aromatic N) is 1. The summed E-state index contributed by atoms with van der Waals surface area (Å²) in [6.45, 7) is 4.51. The van der Waals surface area contributed by atoms with Gasteiger partial charge in [-0.05, 0) is 31.7 Å². The number of likely N-dealkylation sites (tertiary alicyclic amines) is 1. The lowest BCUT2D eigenvalue weighted by molar-refractivity contribution is -0.148. The van der Waals surface area contributed by atoms with Crippen LogP contribution in [0.3, 0.4) is 0 Å². The molecule has 114 valence electrons. The van der Waals surface area contributed by atoms with E-state index >= 15 is 0 Å². The number of carbonyl (C=O) groups excluding carboxylic acids is 1. The number of rotatable bonds is 4. The van der Waals surface area contributed by atoms with Crippen molar-refractivity contribution in [3.05, 3.63) is 35.9 Å². The van der Waals surface area contributed by atoms with Gasteiger partial charge >= 0.3 is 5.97 Å². The Morgan fingerprint density at radius 1 is 1.33 bits per heavy atom. The molecular weight excluding hydrogens is 266 g/mol. The zero-order valence-corrected chi connectivity index (χ0v) is 12.7. The van der Waals surface area contributed by atoms with Gasteiger partial charge in [-0.1, -0.05) is 37.3 Å². The van der Waals surface area contributed by atoms with E-state index in [0.29, 0.717) is 19.4 Å². The molecule has 1 aromatic carbocycles. The fourth-order valence-electron chi connectivity index (χ4n) is 3.16. The molecule has 1 aliphatic heterocycles. The Kier molecular flexibility index (Phi) is 4.99. The first-order valence-electron chi connectivity index (χ1n) is 7.62. The number of carboxylic acid groups (broad SMARTS) is 1. The number of hydrogen-bond acceptors (Lipinski definition) is 2. The van der Waals surface area contributed by atoms with Crippen LogP contribution < -0.4 is 0 Å². The summed E-state index contributed by atoms with van der Waals surface area (Å²) in [4.78, 5) is 25.7. The van der Waals surface area contributed by atoms with E-state index in [0.717, 1.165) is 12.0 Å². The van der Waals surface area contributed by atoms with Gasteiger partial charge < -0.3 is 10.0 Å². The van der Waals surface area contributed by atoms with Crippen LogP contribution in [0.4, 0.5) is 0 Å². The number of carbonyl (C=O) groups is 2. The summed E-state index contributed by atoms with van der Waals surface area (Å²) in [6, 6.07) is 9.81. The lowest BCUT2D eigenvalue weighted by atomic mass is 9.88. The summed E-state index contributed by atoms with van der Waals surface area (Å²) >= 11 is 0. The fourth-order valence-corrected chi connectivity index (χ4v) is 3.16. The third-order valence-corrected chi connectivity index (χ3v) is 4.42.